The Labute approximate surface area is 103 Å². The molecule has 0 aromatic heterocycles. The van der Waals surface area contributed by atoms with Gasteiger partial charge in [-0.25, -0.2) is 4.79 Å². The minimum atomic E-state index is -1.61. The van der Waals surface area contributed by atoms with E-state index in [1.165, 1.54) is 6.07 Å². The molecular formula is C11H12O5S. The largest absolute Gasteiger partial charge is 0.481 e. The predicted molar refractivity (Wildman–Crippen MR) is 62.2 cm³/mol. The van der Waals surface area contributed by atoms with E-state index in [0.717, 1.165) is 5.56 Å². The first-order chi connectivity index (χ1) is 7.91. The van der Waals surface area contributed by atoms with Crippen LogP contribution in [0.2, 0.25) is 0 Å². The summed E-state index contributed by atoms with van der Waals surface area (Å²) >= 11 is 4.08. The summed E-state index contributed by atoms with van der Waals surface area (Å²) < 4.78 is 0. The second-order valence-electron chi connectivity index (χ2n) is 3.53. The lowest BCUT2D eigenvalue weighted by atomic mass is 10.0. The second kappa shape index (κ2) is 5.70. The van der Waals surface area contributed by atoms with Crippen molar-refractivity contribution >= 4 is 24.6 Å². The van der Waals surface area contributed by atoms with E-state index in [4.69, 9.17) is 10.2 Å². The van der Waals surface area contributed by atoms with Gasteiger partial charge in [0.2, 0.25) is 0 Å². The van der Waals surface area contributed by atoms with Crippen molar-refractivity contribution in [3.8, 4) is 0 Å². The molecule has 0 saturated carbocycles. The highest BCUT2D eigenvalue weighted by molar-refractivity contribution is 7.80. The highest BCUT2D eigenvalue weighted by Crippen LogP contribution is 2.23. The van der Waals surface area contributed by atoms with Crippen molar-refractivity contribution in [1.82, 2.24) is 0 Å². The first-order valence-corrected chi connectivity index (χ1v) is 5.31. The zero-order chi connectivity index (χ0) is 13.0. The molecule has 3 N–H and O–H groups in total. The molecule has 0 heterocycles. The molecule has 1 aromatic rings. The van der Waals surface area contributed by atoms with E-state index in [2.05, 4.69) is 12.6 Å². The molecule has 1 unspecified atom stereocenters. The summed E-state index contributed by atoms with van der Waals surface area (Å²) in [7, 11) is 0. The maximum atomic E-state index is 10.6. The molecule has 6 heteroatoms. The number of aliphatic hydroxyl groups excluding tert-OH is 1. The molecule has 5 nitrogen and oxygen atoms in total. The van der Waals surface area contributed by atoms with Gasteiger partial charge in [-0.2, -0.15) is 0 Å². The first-order valence-electron chi connectivity index (χ1n) is 4.86. The van der Waals surface area contributed by atoms with Gasteiger partial charge in [0, 0.05) is 16.9 Å². The molecule has 0 saturated heterocycles. The van der Waals surface area contributed by atoms with Gasteiger partial charge in [-0.3, -0.25) is 4.79 Å². The maximum absolute atomic E-state index is 10.6. The third-order valence-corrected chi connectivity index (χ3v) is 2.64. The summed E-state index contributed by atoms with van der Waals surface area (Å²) in [5, 5.41) is 26.5. The fraction of sp³-hybridized carbons (Fsp3) is 0.273. The highest BCUT2D eigenvalue weighted by atomic mass is 32.1. The van der Waals surface area contributed by atoms with Gasteiger partial charge in [0.15, 0.2) is 6.10 Å². The van der Waals surface area contributed by atoms with Crippen molar-refractivity contribution in [3.63, 3.8) is 0 Å². The van der Waals surface area contributed by atoms with Crippen LogP contribution in [0, 0.1) is 0 Å². The van der Waals surface area contributed by atoms with Crippen LogP contribution in [0.1, 0.15) is 23.7 Å². The van der Waals surface area contributed by atoms with Gasteiger partial charge in [-0.05, 0) is 18.1 Å². The Morgan fingerprint density at radius 1 is 1.29 bits per heavy atom. The lowest BCUT2D eigenvalue weighted by molar-refractivity contribution is -0.147. The molecule has 92 valence electrons. The van der Waals surface area contributed by atoms with Crippen LogP contribution >= 0.6 is 12.6 Å². The number of benzene rings is 1. The quantitative estimate of drug-likeness (QED) is 0.592. The Morgan fingerprint density at radius 3 is 2.41 bits per heavy atom. The number of rotatable bonds is 5. The molecule has 1 aromatic carbocycles. The monoisotopic (exact) mass is 256 g/mol. The van der Waals surface area contributed by atoms with Crippen LogP contribution in [0.3, 0.4) is 0 Å². The van der Waals surface area contributed by atoms with Gasteiger partial charge in [0.25, 0.3) is 0 Å². The Hall–Kier alpha value is -1.53. The van der Waals surface area contributed by atoms with Crippen molar-refractivity contribution in [2.75, 3.05) is 0 Å². The summed E-state index contributed by atoms with van der Waals surface area (Å²) in [5.74, 6) is -2.25. The molecule has 1 rings (SSSR count). The molecule has 0 aliphatic rings. The summed E-state index contributed by atoms with van der Waals surface area (Å²) in [6.45, 7) is 0. The number of aliphatic hydroxyl groups is 1. The average molecular weight is 256 g/mol. The maximum Gasteiger partial charge on any atom is 0.337 e. The molecule has 0 aliphatic heterocycles. The molecule has 0 amide bonds. The number of carbonyl (C=O) groups is 2. The summed E-state index contributed by atoms with van der Waals surface area (Å²) in [6, 6.07) is 4.59. The third kappa shape index (κ3) is 3.76. The van der Waals surface area contributed by atoms with Crippen molar-refractivity contribution in [2.45, 2.75) is 23.8 Å². The fourth-order valence-corrected chi connectivity index (χ4v) is 1.72. The van der Waals surface area contributed by atoms with Gasteiger partial charge < -0.3 is 15.3 Å². The molecule has 0 bridgehead atoms. The van der Waals surface area contributed by atoms with Crippen LogP contribution in [-0.4, -0.2) is 27.3 Å². The molecular weight excluding hydrogens is 244 g/mol. The molecule has 17 heavy (non-hydrogen) atoms. The lowest BCUT2D eigenvalue weighted by Gasteiger charge is -2.10. The Balaban J connectivity index is 2.86. The van der Waals surface area contributed by atoms with Crippen LogP contribution in [0.5, 0.6) is 0 Å². The Bertz CT molecular complexity index is 443. The minimum absolute atomic E-state index is 0.00590. The number of aliphatic carboxylic acids is 2. The van der Waals surface area contributed by atoms with Crippen molar-refractivity contribution in [3.05, 3.63) is 29.3 Å². The Morgan fingerprint density at radius 2 is 1.94 bits per heavy atom. The van der Waals surface area contributed by atoms with Gasteiger partial charge in [0.05, 0.1) is 0 Å². The number of aryl methyl sites for hydroxylation is 1. The topological polar surface area (TPSA) is 94.8 Å². The second-order valence-corrected chi connectivity index (χ2v) is 4.01. The number of hydrogen-bond donors (Lipinski definition) is 4. The van der Waals surface area contributed by atoms with E-state index >= 15 is 0 Å². The van der Waals surface area contributed by atoms with Crippen LogP contribution in [0.15, 0.2) is 23.1 Å². The normalized spacial score (nSPS) is 12.1. The van der Waals surface area contributed by atoms with E-state index in [-0.39, 0.29) is 12.0 Å². The van der Waals surface area contributed by atoms with Crippen LogP contribution in [-0.2, 0) is 16.0 Å². The molecule has 0 spiro atoms. The molecule has 0 radical (unpaired) electrons. The van der Waals surface area contributed by atoms with Gasteiger partial charge >= 0.3 is 11.9 Å². The summed E-state index contributed by atoms with van der Waals surface area (Å²) in [5.41, 5.74) is 0.929. The van der Waals surface area contributed by atoms with Gasteiger partial charge in [-0.1, -0.05) is 12.1 Å². The summed E-state index contributed by atoms with van der Waals surface area (Å²) in [4.78, 5) is 21.3. The van der Waals surface area contributed by atoms with Crippen molar-refractivity contribution < 1.29 is 24.9 Å². The predicted octanol–water partition coefficient (Wildman–Crippen LogP) is 1.11. The zero-order valence-electron chi connectivity index (χ0n) is 8.83. The number of hydrogen-bond acceptors (Lipinski definition) is 4. The lowest BCUT2D eigenvalue weighted by Crippen LogP contribution is -2.11. The molecule has 0 fully saturated rings. The van der Waals surface area contributed by atoms with E-state index < -0.39 is 18.0 Å². The smallest absolute Gasteiger partial charge is 0.337 e. The van der Waals surface area contributed by atoms with E-state index in [1.54, 1.807) is 12.1 Å². The molecule has 1 atom stereocenters. The Kier molecular flexibility index (Phi) is 4.53. The first kappa shape index (κ1) is 13.5. The highest BCUT2D eigenvalue weighted by Gasteiger charge is 2.18. The van der Waals surface area contributed by atoms with E-state index in [1.807, 2.05) is 0 Å². The van der Waals surface area contributed by atoms with Crippen LogP contribution in [0.4, 0.5) is 0 Å². The SMILES string of the molecule is O=C(O)CCc1ccc(C(O)C(=O)O)c(S)c1. The van der Waals surface area contributed by atoms with Gasteiger partial charge in [-0.15, -0.1) is 12.6 Å². The number of carboxylic acids is 2. The number of carboxylic acid groups (broad SMARTS) is 2. The standard InChI is InChI=1S/C11H12O5S/c12-9(13)4-2-6-1-3-7(8(17)5-6)10(14)11(15)16/h1,3,5,10,14,17H,2,4H2,(H,12,13)(H,15,16). The zero-order valence-corrected chi connectivity index (χ0v) is 9.72. The number of thiol groups is 1. The third-order valence-electron chi connectivity index (χ3n) is 2.25. The van der Waals surface area contributed by atoms with E-state index in [9.17, 15) is 14.7 Å². The fourth-order valence-electron chi connectivity index (χ4n) is 1.36. The molecule has 0 aliphatic carbocycles. The van der Waals surface area contributed by atoms with Crippen molar-refractivity contribution in [2.24, 2.45) is 0 Å². The minimum Gasteiger partial charge on any atom is -0.481 e. The van der Waals surface area contributed by atoms with Crippen molar-refractivity contribution in [1.29, 1.82) is 0 Å². The van der Waals surface area contributed by atoms with Gasteiger partial charge in [0.1, 0.15) is 0 Å². The van der Waals surface area contributed by atoms with Crippen LogP contribution in [0.25, 0.3) is 0 Å². The van der Waals surface area contributed by atoms with E-state index in [0.29, 0.717) is 11.3 Å². The average Bonchev–Trinajstić information content (AvgIpc) is 2.25. The summed E-state index contributed by atoms with van der Waals surface area (Å²) in [6.07, 6.45) is -1.28. The van der Waals surface area contributed by atoms with Crippen LogP contribution < -0.4 is 0 Å².